The van der Waals surface area contributed by atoms with Gasteiger partial charge in [0.2, 0.25) is 0 Å². The molecule has 0 saturated heterocycles. The Morgan fingerprint density at radius 2 is 2.14 bits per heavy atom. The van der Waals surface area contributed by atoms with Gasteiger partial charge in [0, 0.05) is 5.92 Å². The lowest BCUT2D eigenvalue weighted by Crippen LogP contribution is -2.24. The van der Waals surface area contributed by atoms with Gasteiger partial charge in [0.05, 0.1) is 17.4 Å². The zero-order valence-corrected chi connectivity index (χ0v) is 8.11. The fourth-order valence-electron chi connectivity index (χ4n) is 1.79. The minimum atomic E-state index is -0.243. The SMILES string of the molecule is NC1(c2nncc(C3CCC3)n2)CC1. The van der Waals surface area contributed by atoms with Crippen molar-refractivity contribution in [1.29, 1.82) is 0 Å². The van der Waals surface area contributed by atoms with Gasteiger partial charge in [-0.05, 0) is 25.7 Å². The molecular weight excluding hydrogens is 176 g/mol. The van der Waals surface area contributed by atoms with E-state index in [9.17, 15) is 0 Å². The average Bonchev–Trinajstić information content (AvgIpc) is 2.83. The van der Waals surface area contributed by atoms with E-state index in [1.54, 1.807) is 6.20 Å². The van der Waals surface area contributed by atoms with E-state index in [4.69, 9.17) is 5.73 Å². The van der Waals surface area contributed by atoms with Crippen LogP contribution in [-0.2, 0) is 5.54 Å². The van der Waals surface area contributed by atoms with Crippen molar-refractivity contribution in [2.45, 2.75) is 43.6 Å². The van der Waals surface area contributed by atoms with Crippen molar-refractivity contribution in [3.8, 4) is 0 Å². The molecular formula is C10H14N4. The van der Waals surface area contributed by atoms with Crippen LogP contribution in [-0.4, -0.2) is 15.2 Å². The first kappa shape index (κ1) is 8.29. The summed E-state index contributed by atoms with van der Waals surface area (Å²) < 4.78 is 0. The lowest BCUT2D eigenvalue weighted by Gasteiger charge is -2.24. The van der Waals surface area contributed by atoms with Crippen molar-refractivity contribution in [2.24, 2.45) is 5.73 Å². The fraction of sp³-hybridized carbons (Fsp3) is 0.700. The van der Waals surface area contributed by atoms with Gasteiger partial charge in [-0.3, -0.25) is 0 Å². The third-order valence-electron chi connectivity index (χ3n) is 3.33. The highest BCUT2D eigenvalue weighted by atomic mass is 15.2. The molecule has 2 aliphatic carbocycles. The molecule has 4 heteroatoms. The summed E-state index contributed by atoms with van der Waals surface area (Å²) in [6.45, 7) is 0. The number of hydrogen-bond acceptors (Lipinski definition) is 4. The zero-order chi connectivity index (χ0) is 9.60. The van der Waals surface area contributed by atoms with Crippen LogP contribution in [0.4, 0.5) is 0 Å². The Balaban J connectivity index is 1.91. The summed E-state index contributed by atoms with van der Waals surface area (Å²) in [5.74, 6) is 1.37. The van der Waals surface area contributed by atoms with E-state index in [1.807, 2.05) is 0 Å². The molecule has 0 amide bonds. The summed E-state index contributed by atoms with van der Waals surface area (Å²) in [6.07, 6.45) is 7.61. The Morgan fingerprint density at radius 1 is 1.36 bits per heavy atom. The lowest BCUT2D eigenvalue weighted by atomic mass is 9.83. The second kappa shape index (κ2) is 2.73. The van der Waals surface area contributed by atoms with Crippen molar-refractivity contribution in [2.75, 3.05) is 0 Å². The van der Waals surface area contributed by atoms with Crippen molar-refractivity contribution in [3.63, 3.8) is 0 Å². The summed E-state index contributed by atoms with van der Waals surface area (Å²) in [6, 6.07) is 0. The van der Waals surface area contributed by atoms with Gasteiger partial charge >= 0.3 is 0 Å². The topological polar surface area (TPSA) is 64.7 Å². The van der Waals surface area contributed by atoms with Gasteiger partial charge in [0.1, 0.15) is 0 Å². The molecule has 4 nitrogen and oxygen atoms in total. The van der Waals surface area contributed by atoms with Gasteiger partial charge < -0.3 is 5.73 Å². The third-order valence-corrected chi connectivity index (χ3v) is 3.33. The van der Waals surface area contributed by atoms with E-state index < -0.39 is 0 Å². The van der Waals surface area contributed by atoms with E-state index in [-0.39, 0.29) is 5.54 Å². The molecule has 1 aromatic heterocycles. The molecule has 0 atom stereocenters. The zero-order valence-electron chi connectivity index (χ0n) is 8.11. The maximum Gasteiger partial charge on any atom is 0.171 e. The third kappa shape index (κ3) is 1.21. The molecule has 74 valence electrons. The molecule has 0 aliphatic heterocycles. The quantitative estimate of drug-likeness (QED) is 0.758. The monoisotopic (exact) mass is 190 g/mol. The fourth-order valence-corrected chi connectivity index (χ4v) is 1.79. The van der Waals surface area contributed by atoms with E-state index in [0.29, 0.717) is 5.92 Å². The predicted octanol–water partition coefficient (Wildman–Crippen LogP) is 1.09. The van der Waals surface area contributed by atoms with Crippen LogP contribution in [0.5, 0.6) is 0 Å². The van der Waals surface area contributed by atoms with Crippen molar-refractivity contribution in [1.82, 2.24) is 15.2 Å². The van der Waals surface area contributed by atoms with Crippen LogP contribution in [0.1, 0.15) is 49.5 Å². The van der Waals surface area contributed by atoms with Crippen LogP contribution in [0.25, 0.3) is 0 Å². The molecule has 2 fully saturated rings. The van der Waals surface area contributed by atoms with Gasteiger partial charge in [0.25, 0.3) is 0 Å². The van der Waals surface area contributed by atoms with Gasteiger partial charge in [0.15, 0.2) is 5.82 Å². The first-order chi connectivity index (χ1) is 6.78. The minimum absolute atomic E-state index is 0.243. The van der Waals surface area contributed by atoms with Gasteiger partial charge in [-0.15, -0.1) is 5.10 Å². The first-order valence-electron chi connectivity index (χ1n) is 5.27. The molecule has 2 saturated carbocycles. The molecule has 1 heterocycles. The second-order valence-electron chi connectivity index (χ2n) is 4.49. The van der Waals surface area contributed by atoms with Crippen LogP contribution in [0.15, 0.2) is 6.20 Å². The Hall–Kier alpha value is -1.03. The summed E-state index contributed by atoms with van der Waals surface area (Å²) in [4.78, 5) is 4.53. The molecule has 1 aromatic rings. The van der Waals surface area contributed by atoms with Crippen LogP contribution < -0.4 is 5.73 Å². The predicted molar refractivity (Wildman–Crippen MR) is 51.5 cm³/mol. The Morgan fingerprint density at radius 3 is 2.71 bits per heavy atom. The highest BCUT2D eigenvalue weighted by Gasteiger charge is 2.43. The molecule has 2 aliphatic rings. The second-order valence-corrected chi connectivity index (χ2v) is 4.49. The molecule has 14 heavy (non-hydrogen) atoms. The molecule has 0 radical (unpaired) electrons. The smallest absolute Gasteiger partial charge is 0.171 e. The molecule has 2 N–H and O–H groups in total. The number of aromatic nitrogens is 3. The summed E-state index contributed by atoms with van der Waals surface area (Å²) in [5, 5.41) is 8.03. The van der Waals surface area contributed by atoms with E-state index in [0.717, 1.165) is 24.4 Å². The number of rotatable bonds is 2. The molecule has 0 bridgehead atoms. The summed E-state index contributed by atoms with van der Waals surface area (Å²) >= 11 is 0. The minimum Gasteiger partial charge on any atom is -0.319 e. The molecule has 3 rings (SSSR count). The largest absolute Gasteiger partial charge is 0.319 e. The van der Waals surface area contributed by atoms with Gasteiger partial charge in [-0.2, -0.15) is 5.10 Å². The normalized spacial score (nSPS) is 24.4. The van der Waals surface area contributed by atoms with Crippen molar-refractivity contribution < 1.29 is 0 Å². The van der Waals surface area contributed by atoms with Crippen molar-refractivity contribution in [3.05, 3.63) is 17.7 Å². The van der Waals surface area contributed by atoms with E-state index >= 15 is 0 Å². The standard InChI is InChI=1S/C10H14N4/c11-10(4-5-10)9-13-8(6-12-14-9)7-2-1-3-7/h6-7H,1-5,11H2. The highest BCUT2D eigenvalue weighted by Crippen LogP contribution is 2.41. The number of hydrogen-bond donors (Lipinski definition) is 1. The Labute approximate surface area is 82.9 Å². The average molecular weight is 190 g/mol. The van der Waals surface area contributed by atoms with Crippen LogP contribution in [0, 0.1) is 0 Å². The number of nitrogens with zero attached hydrogens (tertiary/aromatic N) is 3. The van der Waals surface area contributed by atoms with Crippen LogP contribution >= 0.6 is 0 Å². The molecule has 0 spiro atoms. The maximum absolute atomic E-state index is 6.03. The number of nitrogens with two attached hydrogens (primary N) is 1. The Bertz CT molecular complexity index is 355. The van der Waals surface area contributed by atoms with Crippen LogP contribution in [0.2, 0.25) is 0 Å². The Kier molecular flexibility index (Phi) is 1.62. The highest BCUT2D eigenvalue weighted by molar-refractivity contribution is 5.16. The summed E-state index contributed by atoms with van der Waals surface area (Å²) in [5.41, 5.74) is 6.88. The van der Waals surface area contributed by atoms with E-state index in [1.165, 1.54) is 19.3 Å². The molecule has 0 aromatic carbocycles. The summed E-state index contributed by atoms with van der Waals surface area (Å²) in [7, 11) is 0. The molecule has 0 unspecified atom stereocenters. The van der Waals surface area contributed by atoms with Gasteiger partial charge in [-0.1, -0.05) is 6.42 Å². The van der Waals surface area contributed by atoms with Crippen LogP contribution in [0.3, 0.4) is 0 Å². The first-order valence-corrected chi connectivity index (χ1v) is 5.27. The van der Waals surface area contributed by atoms with Gasteiger partial charge in [-0.25, -0.2) is 4.98 Å². The van der Waals surface area contributed by atoms with Crippen molar-refractivity contribution >= 4 is 0 Å². The lowest BCUT2D eigenvalue weighted by molar-refractivity contribution is 0.405. The maximum atomic E-state index is 6.03. The van der Waals surface area contributed by atoms with E-state index in [2.05, 4.69) is 15.2 Å².